The predicted octanol–water partition coefficient (Wildman–Crippen LogP) is 2.45. The van der Waals surface area contributed by atoms with Crippen LogP contribution in [-0.4, -0.2) is 36.1 Å². The van der Waals surface area contributed by atoms with Gasteiger partial charge in [-0.2, -0.15) is 0 Å². The molecule has 0 aliphatic carbocycles. The normalized spacial score (nSPS) is 22.2. The van der Waals surface area contributed by atoms with Gasteiger partial charge in [-0.05, 0) is 39.5 Å². The Morgan fingerprint density at radius 1 is 1.44 bits per heavy atom. The summed E-state index contributed by atoms with van der Waals surface area (Å²) in [7, 11) is 0. The number of piperidine rings is 1. The van der Waals surface area contributed by atoms with Gasteiger partial charge in [0.2, 0.25) is 5.91 Å². The smallest absolute Gasteiger partial charge is 0.248 e. The third kappa shape index (κ3) is 4.52. The number of likely N-dealkylation sites (tertiary alicyclic amines) is 1. The van der Waals surface area contributed by atoms with Crippen molar-refractivity contribution in [3.63, 3.8) is 0 Å². The molecule has 1 heterocycles. The molecule has 0 saturated carbocycles. The quantitative estimate of drug-likeness (QED) is 0.741. The number of hydrogen-bond acceptors (Lipinski definition) is 2. The molecule has 1 amide bonds. The molecule has 16 heavy (non-hydrogen) atoms. The third-order valence-corrected chi connectivity index (χ3v) is 3.08. The first-order chi connectivity index (χ1) is 7.42. The van der Waals surface area contributed by atoms with E-state index in [1.54, 1.807) is 0 Å². The molecular weight excluding hydrogens is 202 g/mol. The Kier molecular flexibility index (Phi) is 4.78. The van der Waals surface area contributed by atoms with E-state index >= 15 is 0 Å². The van der Waals surface area contributed by atoms with Gasteiger partial charge in [0, 0.05) is 13.1 Å². The fourth-order valence-electron chi connectivity index (χ4n) is 1.99. The topological polar surface area (TPSA) is 29.5 Å². The van der Waals surface area contributed by atoms with Crippen molar-refractivity contribution in [3.8, 4) is 0 Å². The zero-order chi connectivity index (χ0) is 12.2. The maximum Gasteiger partial charge on any atom is 0.248 e. The standard InChI is InChI=1S/C13H25NO2/c1-5-11-7-6-8-14(9-11)12(15)10-16-13(2,3)4/h11H,5-10H2,1-4H3. The highest BCUT2D eigenvalue weighted by molar-refractivity contribution is 5.77. The van der Waals surface area contributed by atoms with Crippen LogP contribution in [0.25, 0.3) is 0 Å². The number of nitrogens with zero attached hydrogens (tertiary/aromatic N) is 1. The monoisotopic (exact) mass is 227 g/mol. The van der Waals surface area contributed by atoms with E-state index in [1.807, 2.05) is 25.7 Å². The largest absolute Gasteiger partial charge is 0.366 e. The summed E-state index contributed by atoms with van der Waals surface area (Å²) >= 11 is 0. The van der Waals surface area contributed by atoms with E-state index in [0.717, 1.165) is 19.5 Å². The molecule has 1 fully saturated rings. The summed E-state index contributed by atoms with van der Waals surface area (Å²) in [5, 5.41) is 0. The average Bonchev–Trinajstić information content (AvgIpc) is 2.25. The summed E-state index contributed by atoms with van der Waals surface area (Å²) < 4.78 is 5.52. The molecule has 94 valence electrons. The molecule has 0 bridgehead atoms. The van der Waals surface area contributed by atoms with Crippen LogP contribution in [0.3, 0.4) is 0 Å². The van der Waals surface area contributed by atoms with Crippen LogP contribution in [0, 0.1) is 5.92 Å². The molecule has 3 heteroatoms. The van der Waals surface area contributed by atoms with Crippen molar-refractivity contribution in [1.82, 2.24) is 4.90 Å². The molecule has 1 rings (SSSR count). The fourth-order valence-corrected chi connectivity index (χ4v) is 1.99. The van der Waals surface area contributed by atoms with Crippen molar-refractivity contribution >= 4 is 5.91 Å². The van der Waals surface area contributed by atoms with Crippen LogP contribution in [0.4, 0.5) is 0 Å². The minimum absolute atomic E-state index is 0.146. The maximum absolute atomic E-state index is 11.9. The minimum Gasteiger partial charge on any atom is -0.366 e. The van der Waals surface area contributed by atoms with Crippen LogP contribution in [0.5, 0.6) is 0 Å². The molecule has 1 aliphatic rings. The summed E-state index contributed by atoms with van der Waals surface area (Å²) in [6, 6.07) is 0. The Labute approximate surface area is 99.1 Å². The van der Waals surface area contributed by atoms with Crippen molar-refractivity contribution in [2.45, 2.75) is 52.6 Å². The van der Waals surface area contributed by atoms with Gasteiger partial charge in [0.25, 0.3) is 0 Å². The Morgan fingerprint density at radius 2 is 2.12 bits per heavy atom. The predicted molar refractivity (Wildman–Crippen MR) is 65.3 cm³/mol. The summed E-state index contributed by atoms with van der Waals surface area (Å²) in [6.45, 7) is 10.2. The number of carbonyl (C=O) groups is 1. The van der Waals surface area contributed by atoms with E-state index in [0.29, 0.717) is 5.92 Å². The third-order valence-electron chi connectivity index (χ3n) is 3.08. The molecule has 0 aromatic heterocycles. The SMILES string of the molecule is CCC1CCCN(C(=O)COC(C)(C)C)C1. The van der Waals surface area contributed by atoms with Crippen LogP contribution < -0.4 is 0 Å². The molecule has 1 aliphatic heterocycles. The Balaban J connectivity index is 2.36. The molecule has 0 aromatic carbocycles. The van der Waals surface area contributed by atoms with Crippen molar-refractivity contribution in [1.29, 1.82) is 0 Å². The molecule has 0 aromatic rings. The van der Waals surface area contributed by atoms with Gasteiger partial charge >= 0.3 is 0 Å². The van der Waals surface area contributed by atoms with Gasteiger partial charge in [-0.25, -0.2) is 0 Å². The lowest BCUT2D eigenvalue weighted by atomic mass is 9.96. The highest BCUT2D eigenvalue weighted by Gasteiger charge is 2.23. The second-order valence-electron chi connectivity index (χ2n) is 5.66. The van der Waals surface area contributed by atoms with Crippen molar-refractivity contribution in [2.24, 2.45) is 5.92 Å². The Bertz CT molecular complexity index is 233. The van der Waals surface area contributed by atoms with Gasteiger partial charge in [0.05, 0.1) is 5.60 Å². The summed E-state index contributed by atoms with van der Waals surface area (Å²) in [6.07, 6.45) is 3.57. The van der Waals surface area contributed by atoms with E-state index in [2.05, 4.69) is 6.92 Å². The Hall–Kier alpha value is -0.570. The first-order valence-electron chi connectivity index (χ1n) is 6.34. The summed E-state index contributed by atoms with van der Waals surface area (Å²) in [4.78, 5) is 13.9. The van der Waals surface area contributed by atoms with Crippen molar-refractivity contribution < 1.29 is 9.53 Å². The van der Waals surface area contributed by atoms with E-state index in [4.69, 9.17) is 4.74 Å². The van der Waals surface area contributed by atoms with E-state index in [1.165, 1.54) is 12.8 Å². The number of ether oxygens (including phenoxy) is 1. The van der Waals surface area contributed by atoms with Crippen LogP contribution in [0.2, 0.25) is 0 Å². The molecule has 0 radical (unpaired) electrons. The lowest BCUT2D eigenvalue weighted by Crippen LogP contribution is -2.42. The van der Waals surface area contributed by atoms with Gasteiger partial charge in [0.1, 0.15) is 6.61 Å². The van der Waals surface area contributed by atoms with E-state index < -0.39 is 0 Å². The number of rotatable bonds is 3. The van der Waals surface area contributed by atoms with Crippen LogP contribution in [0.15, 0.2) is 0 Å². The first-order valence-corrected chi connectivity index (χ1v) is 6.34. The lowest BCUT2D eigenvalue weighted by Gasteiger charge is -2.33. The second kappa shape index (κ2) is 5.67. The second-order valence-corrected chi connectivity index (χ2v) is 5.66. The number of hydrogen-bond donors (Lipinski definition) is 0. The highest BCUT2D eigenvalue weighted by atomic mass is 16.5. The van der Waals surface area contributed by atoms with Crippen LogP contribution >= 0.6 is 0 Å². The minimum atomic E-state index is -0.227. The van der Waals surface area contributed by atoms with Crippen molar-refractivity contribution in [3.05, 3.63) is 0 Å². The van der Waals surface area contributed by atoms with Crippen LogP contribution in [-0.2, 0) is 9.53 Å². The van der Waals surface area contributed by atoms with E-state index in [-0.39, 0.29) is 18.1 Å². The molecule has 1 saturated heterocycles. The van der Waals surface area contributed by atoms with Gasteiger partial charge in [-0.1, -0.05) is 13.3 Å². The molecule has 1 unspecified atom stereocenters. The van der Waals surface area contributed by atoms with Gasteiger partial charge in [0.15, 0.2) is 0 Å². The zero-order valence-electron chi connectivity index (χ0n) is 11.1. The highest BCUT2D eigenvalue weighted by Crippen LogP contribution is 2.19. The molecule has 0 spiro atoms. The van der Waals surface area contributed by atoms with Crippen LogP contribution in [0.1, 0.15) is 47.0 Å². The molecule has 3 nitrogen and oxygen atoms in total. The zero-order valence-corrected chi connectivity index (χ0v) is 11.1. The fraction of sp³-hybridized carbons (Fsp3) is 0.923. The van der Waals surface area contributed by atoms with Gasteiger partial charge < -0.3 is 9.64 Å². The lowest BCUT2D eigenvalue weighted by molar-refractivity contribution is -0.142. The van der Waals surface area contributed by atoms with E-state index in [9.17, 15) is 4.79 Å². The summed E-state index contributed by atoms with van der Waals surface area (Å²) in [5.41, 5.74) is -0.227. The van der Waals surface area contributed by atoms with Gasteiger partial charge in [-0.3, -0.25) is 4.79 Å². The number of amides is 1. The molecule has 0 N–H and O–H groups in total. The first kappa shape index (κ1) is 13.5. The summed E-state index contributed by atoms with van der Waals surface area (Å²) in [5.74, 6) is 0.834. The van der Waals surface area contributed by atoms with Gasteiger partial charge in [-0.15, -0.1) is 0 Å². The molecular formula is C13H25NO2. The maximum atomic E-state index is 11.9. The average molecular weight is 227 g/mol. The Morgan fingerprint density at radius 3 is 2.69 bits per heavy atom. The molecule has 1 atom stereocenters. The van der Waals surface area contributed by atoms with Crippen molar-refractivity contribution in [2.75, 3.05) is 19.7 Å². The number of carbonyl (C=O) groups excluding carboxylic acids is 1.